The van der Waals surface area contributed by atoms with Crippen LogP contribution in [0, 0.1) is 5.82 Å². The standard InChI is InChI=1S/C19H19FN2O5S2/c1-28(23,24)21-16-9-10-19(18(20)12-16)29(25,26)22(14-17-8-5-11-27-17)13-15-6-3-2-4-7-15/h2-12,21H,13-14H2,1H3. The number of hydrogen-bond acceptors (Lipinski definition) is 5. The number of benzene rings is 2. The van der Waals surface area contributed by atoms with E-state index in [0.717, 1.165) is 28.3 Å². The van der Waals surface area contributed by atoms with E-state index in [0.29, 0.717) is 5.76 Å². The Bertz CT molecular complexity index is 1180. The van der Waals surface area contributed by atoms with Crippen LogP contribution < -0.4 is 4.72 Å². The van der Waals surface area contributed by atoms with Gasteiger partial charge in [-0.15, -0.1) is 0 Å². The van der Waals surface area contributed by atoms with Gasteiger partial charge in [0, 0.05) is 6.54 Å². The van der Waals surface area contributed by atoms with Gasteiger partial charge in [0.2, 0.25) is 20.0 Å². The molecule has 0 aliphatic heterocycles. The molecule has 154 valence electrons. The molecule has 3 rings (SSSR count). The van der Waals surface area contributed by atoms with Crippen LogP contribution in [0.5, 0.6) is 0 Å². The molecule has 7 nitrogen and oxygen atoms in total. The molecular weight excluding hydrogens is 419 g/mol. The van der Waals surface area contributed by atoms with E-state index in [2.05, 4.69) is 4.72 Å². The van der Waals surface area contributed by atoms with Crippen LogP contribution in [0.1, 0.15) is 11.3 Å². The third kappa shape index (κ3) is 5.43. The summed E-state index contributed by atoms with van der Waals surface area (Å²) in [5.74, 6) is -0.656. The smallest absolute Gasteiger partial charge is 0.246 e. The first-order valence-corrected chi connectivity index (χ1v) is 11.8. The molecule has 10 heteroatoms. The SMILES string of the molecule is CS(=O)(=O)Nc1ccc(S(=O)(=O)N(Cc2ccccc2)Cc2ccco2)c(F)c1. The number of furan rings is 1. The second-order valence-corrected chi connectivity index (χ2v) is 10.0. The summed E-state index contributed by atoms with van der Waals surface area (Å²) in [6.45, 7) is -0.0837. The van der Waals surface area contributed by atoms with E-state index in [9.17, 15) is 21.2 Å². The maximum atomic E-state index is 14.6. The van der Waals surface area contributed by atoms with Gasteiger partial charge < -0.3 is 4.42 Å². The van der Waals surface area contributed by atoms with Crippen LogP contribution in [0.2, 0.25) is 0 Å². The summed E-state index contributed by atoms with van der Waals surface area (Å²) >= 11 is 0. The van der Waals surface area contributed by atoms with Crippen molar-refractivity contribution in [3.8, 4) is 0 Å². The molecule has 0 aliphatic carbocycles. The fraction of sp³-hybridized carbons (Fsp3) is 0.158. The molecule has 1 heterocycles. The maximum absolute atomic E-state index is 14.6. The number of rotatable bonds is 8. The minimum atomic E-state index is -4.25. The highest BCUT2D eigenvalue weighted by Gasteiger charge is 2.29. The molecule has 0 radical (unpaired) electrons. The van der Waals surface area contributed by atoms with Crippen molar-refractivity contribution in [2.75, 3.05) is 11.0 Å². The molecule has 0 fully saturated rings. The van der Waals surface area contributed by atoms with E-state index in [-0.39, 0.29) is 18.8 Å². The zero-order valence-electron chi connectivity index (χ0n) is 15.4. The van der Waals surface area contributed by atoms with E-state index in [1.54, 1.807) is 36.4 Å². The Hall–Kier alpha value is -2.69. The fourth-order valence-corrected chi connectivity index (χ4v) is 4.71. The Kier molecular flexibility index (Phi) is 6.06. The molecule has 2 aromatic carbocycles. The Labute approximate surface area is 168 Å². The number of nitrogens with zero attached hydrogens (tertiary/aromatic N) is 1. The zero-order valence-corrected chi connectivity index (χ0v) is 17.1. The fourth-order valence-electron chi connectivity index (χ4n) is 2.72. The van der Waals surface area contributed by atoms with Crippen molar-refractivity contribution in [2.24, 2.45) is 0 Å². The normalized spacial score (nSPS) is 12.2. The van der Waals surface area contributed by atoms with Crippen LogP contribution >= 0.6 is 0 Å². The van der Waals surface area contributed by atoms with E-state index in [1.807, 2.05) is 6.07 Å². The van der Waals surface area contributed by atoms with Crippen molar-refractivity contribution in [3.05, 3.63) is 84.1 Å². The van der Waals surface area contributed by atoms with Crippen molar-refractivity contribution in [2.45, 2.75) is 18.0 Å². The summed E-state index contributed by atoms with van der Waals surface area (Å²) in [7, 11) is -7.87. The van der Waals surface area contributed by atoms with Crippen LogP contribution in [-0.2, 0) is 33.1 Å². The molecule has 1 N–H and O–H groups in total. The summed E-state index contributed by atoms with van der Waals surface area (Å²) in [6, 6.07) is 15.2. The molecule has 29 heavy (non-hydrogen) atoms. The predicted octanol–water partition coefficient (Wildman–Crippen LogP) is 3.18. The average Bonchev–Trinajstić information content (AvgIpc) is 3.13. The molecule has 0 spiro atoms. The highest BCUT2D eigenvalue weighted by Crippen LogP contribution is 2.26. The molecule has 0 atom stereocenters. The highest BCUT2D eigenvalue weighted by molar-refractivity contribution is 7.92. The third-order valence-corrected chi connectivity index (χ3v) is 6.40. The Balaban J connectivity index is 1.97. The van der Waals surface area contributed by atoms with Crippen molar-refractivity contribution >= 4 is 25.7 Å². The van der Waals surface area contributed by atoms with Crippen molar-refractivity contribution in [1.29, 1.82) is 0 Å². The quantitative estimate of drug-likeness (QED) is 0.583. The van der Waals surface area contributed by atoms with Crippen LogP contribution in [-0.4, -0.2) is 27.4 Å². The van der Waals surface area contributed by atoms with E-state index < -0.39 is 30.8 Å². The number of sulfonamides is 2. The molecule has 0 amide bonds. The summed E-state index contributed by atoms with van der Waals surface area (Å²) < 4.78 is 72.1. The van der Waals surface area contributed by atoms with Gasteiger partial charge in [-0.05, 0) is 35.9 Å². The third-order valence-electron chi connectivity index (χ3n) is 3.97. The van der Waals surface area contributed by atoms with E-state index >= 15 is 0 Å². The monoisotopic (exact) mass is 438 g/mol. The minimum absolute atomic E-state index is 0.00660. The Morgan fingerprint density at radius 3 is 2.28 bits per heavy atom. The molecule has 3 aromatic rings. The summed E-state index contributed by atoms with van der Waals surface area (Å²) in [5, 5.41) is 0. The molecule has 1 aromatic heterocycles. The van der Waals surface area contributed by atoms with Gasteiger partial charge >= 0.3 is 0 Å². The lowest BCUT2D eigenvalue weighted by Gasteiger charge is -2.22. The van der Waals surface area contributed by atoms with Gasteiger partial charge in [-0.25, -0.2) is 21.2 Å². The first-order valence-electron chi connectivity index (χ1n) is 8.49. The van der Waals surface area contributed by atoms with Gasteiger partial charge in [0.05, 0.1) is 24.8 Å². The predicted molar refractivity (Wildman–Crippen MR) is 106 cm³/mol. The van der Waals surface area contributed by atoms with Gasteiger partial charge in [0.25, 0.3) is 0 Å². The lowest BCUT2D eigenvalue weighted by atomic mass is 10.2. The van der Waals surface area contributed by atoms with Crippen molar-refractivity contribution in [1.82, 2.24) is 4.31 Å². The summed E-state index contributed by atoms with van der Waals surface area (Å²) in [4.78, 5) is -0.556. The summed E-state index contributed by atoms with van der Waals surface area (Å²) in [6.07, 6.45) is 2.34. The lowest BCUT2D eigenvalue weighted by molar-refractivity contribution is 0.356. The van der Waals surface area contributed by atoms with Gasteiger partial charge in [-0.2, -0.15) is 4.31 Å². The van der Waals surface area contributed by atoms with Crippen molar-refractivity contribution < 1.29 is 25.6 Å². The highest BCUT2D eigenvalue weighted by atomic mass is 32.2. The minimum Gasteiger partial charge on any atom is -0.468 e. The van der Waals surface area contributed by atoms with Gasteiger partial charge in [-0.1, -0.05) is 30.3 Å². The number of halogens is 1. The van der Waals surface area contributed by atoms with Crippen LogP contribution in [0.25, 0.3) is 0 Å². The first kappa shape index (κ1) is 21.0. The largest absolute Gasteiger partial charge is 0.468 e. The van der Waals surface area contributed by atoms with Crippen LogP contribution in [0.3, 0.4) is 0 Å². The molecule has 0 aliphatic rings. The molecule has 0 saturated carbocycles. The average molecular weight is 439 g/mol. The first-order chi connectivity index (χ1) is 13.6. The Morgan fingerprint density at radius 1 is 0.966 bits per heavy atom. The van der Waals surface area contributed by atoms with Gasteiger partial charge in [0.1, 0.15) is 16.5 Å². The van der Waals surface area contributed by atoms with Gasteiger partial charge in [-0.3, -0.25) is 4.72 Å². The zero-order chi connectivity index (χ0) is 21.1. The molecule has 0 saturated heterocycles. The topological polar surface area (TPSA) is 96.7 Å². The molecule has 0 bridgehead atoms. The lowest BCUT2D eigenvalue weighted by Crippen LogP contribution is -2.30. The number of hydrogen-bond donors (Lipinski definition) is 1. The van der Waals surface area contributed by atoms with Crippen molar-refractivity contribution in [3.63, 3.8) is 0 Å². The van der Waals surface area contributed by atoms with Crippen LogP contribution in [0.15, 0.2) is 76.2 Å². The van der Waals surface area contributed by atoms with Crippen LogP contribution in [0.4, 0.5) is 10.1 Å². The Morgan fingerprint density at radius 2 is 1.69 bits per heavy atom. The van der Waals surface area contributed by atoms with E-state index in [4.69, 9.17) is 4.42 Å². The number of nitrogens with one attached hydrogen (secondary N) is 1. The number of anilines is 1. The summed E-state index contributed by atoms with van der Waals surface area (Å²) in [5.41, 5.74) is 0.656. The van der Waals surface area contributed by atoms with E-state index in [1.165, 1.54) is 12.3 Å². The molecular formula is C19H19FN2O5S2. The second-order valence-electron chi connectivity index (χ2n) is 6.36. The van der Waals surface area contributed by atoms with Gasteiger partial charge in [0.15, 0.2) is 0 Å². The maximum Gasteiger partial charge on any atom is 0.246 e. The second kappa shape index (κ2) is 8.36. The molecule has 0 unspecified atom stereocenters.